The second kappa shape index (κ2) is 5.72. The summed E-state index contributed by atoms with van der Waals surface area (Å²) in [5.41, 5.74) is 0.292. The van der Waals surface area contributed by atoms with E-state index in [0.29, 0.717) is 12.1 Å². The van der Waals surface area contributed by atoms with Crippen molar-refractivity contribution in [3.05, 3.63) is 24.3 Å². The number of phenols is 1. The molecule has 8 heteroatoms. The van der Waals surface area contributed by atoms with Gasteiger partial charge in [-0.25, -0.2) is 8.42 Å². The number of aromatic hydroxyl groups is 1. The van der Waals surface area contributed by atoms with Crippen molar-refractivity contribution in [2.24, 2.45) is 0 Å². The lowest BCUT2D eigenvalue weighted by atomic mass is 10.2. The van der Waals surface area contributed by atoms with Crippen LogP contribution in [0.2, 0.25) is 0 Å². The van der Waals surface area contributed by atoms with E-state index >= 15 is 0 Å². The number of rotatable bonds is 2. The highest BCUT2D eigenvalue weighted by Gasteiger charge is 2.34. The summed E-state index contributed by atoms with van der Waals surface area (Å²) in [6.45, 7) is 0. The van der Waals surface area contributed by atoms with Gasteiger partial charge in [-0.15, -0.1) is 0 Å². The number of likely N-dealkylation sites (N-methyl/N-ethyl adjacent to an activating group) is 1. The van der Waals surface area contributed by atoms with Crippen molar-refractivity contribution in [3.63, 3.8) is 0 Å². The van der Waals surface area contributed by atoms with Crippen LogP contribution in [0.1, 0.15) is 6.42 Å². The third-order valence-corrected chi connectivity index (χ3v) is 5.13. The quantitative estimate of drug-likeness (QED) is 0.747. The number of nitrogens with zero attached hydrogens (tertiary/aromatic N) is 1. The molecule has 1 aromatic rings. The van der Waals surface area contributed by atoms with Crippen molar-refractivity contribution in [1.29, 1.82) is 0 Å². The molecule has 2 N–H and O–H groups in total. The first-order chi connectivity index (χ1) is 9.78. The molecule has 7 nitrogen and oxygen atoms in total. The van der Waals surface area contributed by atoms with Crippen LogP contribution >= 0.6 is 0 Å². The van der Waals surface area contributed by atoms with Crippen LogP contribution in [0.3, 0.4) is 0 Å². The predicted molar refractivity (Wildman–Crippen MR) is 76.6 cm³/mol. The van der Waals surface area contributed by atoms with Crippen molar-refractivity contribution >= 4 is 27.3 Å². The van der Waals surface area contributed by atoms with Crippen LogP contribution in [0.25, 0.3) is 0 Å². The van der Waals surface area contributed by atoms with Crippen molar-refractivity contribution < 1.29 is 23.1 Å². The lowest BCUT2D eigenvalue weighted by molar-refractivity contribution is -0.143. The highest BCUT2D eigenvalue weighted by Crippen LogP contribution is 2.18. The minimum atomic E-state index is -3.12. The number of hydrogen-bond acceptors (Lipinski definition) is 5. The average molecular weight is 312 g/mol. The molecule has 0 radical (unpaired) electrons. The molecule has 1 aliphatic rings. The van der Waals surface area contributed by atoms with E-state index in [1.165, 1.54) is 31.3 Å². The molecule has 1 unspecified atom stereocenters. The molecule has 21 heavy (non-hydrogen) atoms. The largest absolute Gasteiger partial charge is 0.508 e. The fourth-order valence-corrected chi connectivity index (χ4v) is 3.95. The van der Waals surface area contributed by atoms with Gasteiger partial charge in [0.05, 0.1) is 11.5 Å². The summed E-state index contributed by atoms with van der Waals surface area (Å²) in [6.07, 6.45) is 0.337. The number of benzene rings is 1. The summed E-state index contributed by atoms with van der Waals surface area (Å²) in [7, 11) is -1.71. The first-order valence-corrected chi connectivity index (χ1v) is 8.18. The van der Waals surface area contributed by atoms with E-state index < -0.39 is 27.7 Å². The number of nitrogens with one attached hydrogen (secondary N) is 1. The minimum absolute atomic E-state index is 0.0312. The van der Waals surface area contributed by atoms with Gasteiger partial charge in [0.25, 0.3) is 0 Å². The Labute approximate surface area is 122 Å². The zero-order chi connectivity index (χ0) is 15.6. The highest BCUT2D eigenvalue weighted by atomic mass is 32.2. The Morgan fingerprint density at radius 3 is 2.67 bits per heavy atom. The van der Waals surface area contributed by atoms with Crippen LogP contribution < -0.4 is 5.32 Å². The molecule has 1 heterocycles. The molecule has 1 aromatic carbocycles. The van der Waals surface area contributed by atoms with E-state index in [9.17, 15) is 23.1 Å². The van der Waals surface area contributed by atoms with Gasteiger partial charge in [-0.05, 0) is 18.6 Å². The standard InChI is InChI=1S/C13H16N2O5S/c1-15(10-5-6-21(19,20)8-10)13(18)12(17)14-9-3-2-4-11(16)7-9/h2-4,7,10,16H,5-6,8H2,1H3,(H,14,17). The average Bonchev–Trinajstić information content (AvgIpc) is 2.77. The Morgan fingerprint density at radius 1 is 1.38 bits per heavy atom. The summed E-state index contributed by atoms with van der Waals surface area (Å²) >= 11 is 0. The summed E-state index contributed by atoms with van der Waals surface area (Å²) in [6, 6.07) is 5.34. The third-order valence-electron chi connectivity index (χ3n) is 3.37. The molecule has 0 aliphatic carbocycles. The van der Waals surface area contributed by atoms with Crippen LogP contribution in [-0.4, -0.2) is 54.8 Å². The molecule has 0 saturated carbocycles. The molecule has 1 atom stereocenters. The van der Waals surface area contributed by atoms with Crippen LogP contribution in [0.15, 0.2) is 24.3 Å². The Morgan fingerprint density at radius 2 is 2.10 bits per heavy atom. The Kier molecular flexibility index (Phi) is 4.17. The topological polar surface area (TPSA) is 104 Å². The summed E-state index contributed by atoms with van der Waals surface area (Å²) in [5.74, 6) is -1.79. The Balaban J connectivity index is 2.01. The molecular weight excluding hydrogens is 296 g/mol. The maximum Gasteiger partial charge on any atom is 0.313 e. The van der Waals surface area contributed by atoms with Gasteiger partial charge in [0.2, 0.25) is 0 Å². The number of anilines is 1. The maximum atomic E-state index is 12.0. The third kappa shape index (κ3) is 3.72. The van der Waals surface area contributed by atoms with Gasteiger partial charge in [-0.2, -0.15) is 0 Å². The molecule has 1 fully saturated rings. The molecule has 2 amide bonds. The number of carbonyl (C=O) groups excluding carboxylic acids is 2. The second-order valence-corrected chi connectivity index (χ2v) is 7.21. The predicted octanol–water partition coefficient (Wildman–Crippen LogP) is -0.0238. The van der Waals surface area contributed by atoms with E-state index in [2.05, 4.69) is 5.32 Å². The van der Waals surface area contributed by atoms with Gasteiger partial charge in [0.15, 0.2) is 9.84 Å². The number of amides is 2. The van der Waals surface area contributed by atoms with E-state index in [0.717, 1.165) is 4.90 Å². The second-order valence-electron chi connectivity index (χ2n) is 4.98. The zero-order valence-electron chi connectivity index (χ0n) is 11.4. The molecule has 0 bridgehead atoms. The van der Waals surface area contributed by atoms with Crippen molar-refractivity contribution in [3.8, 4) is 5.75 Å². The van der Waals surface area contributed by atoms with Crippen LogP contribution in [0, 0.1) is 0 Å². The first kappa shape index (κ1) is 15.3. The number of carbonyl (C=O) groups is 2. The normalized spacial score (nSPS) is 20.0. The summed E-state index contributed by atoms with van der Waals surface area (Å²) in [5, 5.41) is 11.7. The van der Waals surface area contributed by atoms with Gasteiger partial charge >= 0.3 is 11.8 Å². The zero-order valence-corrected chi connectivity index (χ0v) is 12.3. The number of hydrogen-bond donors (Lipinski definition) is 2. The van der Waals surface area contributed by atoms with E-state index in [1.54, 1.807) is 0 Å². The lowest BCUT2D eigenvalue weighted by Gasteiger charge is -2.22. The van der Waals surface area contributed by atoms with Crippen LogP contribution in [0.5, 0.6) is 5.75 Å². The smallest absolute Gasteiger partial charge is 0.313 e. The maximum absolute atomic E-state index is 12.0. The SMILES string of the molecule is CN(C(=O)C(=O)Nc1cccc(O)c1)C1CCS(=O)(=O)C1. The Bertz CT molecular complexity index is 671. The van der Waals surface area contributed by atoms with Crippen molar-refractivity contribution in [2.45, 2.75) is 12.5 Å². The summed E-state index contributed by atoms with van der Waals surface area (Å²) in [4.78, 5) is 25.0. The molecule has 114 valence electrons. The highest BCUT2D eigenvalue weighted by molar-refractivity contribution is 7.91. The van der Waals surface area contributed by atoms with E-state index in [1.807, 2.05) is 0 Å². The molecule has 0 spiro atoms. The monoisotopic (exact) mass is 312 g/mol. The lowest BCUT2D eigenvalue weighted by Crippen LogP contribution is -2.43. The van der Waals surface area contributed by atoms with E-state index in [-0.39, 0.29) is 17.3 Å². The summed E-state index contributed by atoms with van der Waals surface area (Å²) < 4.78 is 22.8. The molecule has 0 aromatic heterocycles. The fraction of sp³-hybridized carbons (Fsp3) is 0.385. The minimum Gasteiger partial charge on any atom is -0.508 e. The molecule has 2 rings (SSSR count). The van der Waals surface area contributed by atoms with Gasteiger partial charge in [0, 0.05) is 24.8 Å². The van der Waals surface area contributed by atoms with Gasteiger partial charge in [0.1, 0.15) is 5.75 Å². The first-order valence-electron chi connectivity index (χ1n) is 6.36. The van der Waals surface area contributed by atoms with E-state index in [4.69, 9.17) is 0 Å². The van der Waals surface area contributed by atoms with Gasteiger partial charge in [-0.3, -0.25) is 9.59 Å². The fourth-order valence-electron chi connectivity index (χ4n) is 2.18. The molecule has 1 aliphatic heterocycles. The number of phenolic OH excluding ortho intramolecular Hbond substituents is 1. The molecule has 1 saturated heterocycles. The van der Waals surface area contributed by atoms with Crippen LogP contribution in [-0.2, 0) is 19.4 Å². The molecular formula is C13H16N2O5S. The van der Waals surface area contributed by atoms with Crippen molar-refractivity contribution in [1.82, 2.24) is 4.90 Å². The van der Waals surface area contributed by atoms with Crippen LogP contribution in [0.4, 0.5) is 5.69 Å². The van der Waals surface area contributed by atoms with Gasteiger partial charge < -0.3 is 15.3 Å². The Hall–Kier alpha value is -2.09. The number of sulfone groups is 1. The van der Waals surface area contributed by atoms with Crippen molar-refractivity contribution in [2.75, 3.05) is 23.9 Å². The van der Waals surface area contributed by atoms with Gasteiger partial charge in [-0.1, -0.05) is 6.07 Å².